The Balaban J connectivity index is 2.18. The van der Waals surface area contributed by atoms with Crippen molar-refractivity contribution in [3.8, 4) is 5.75 Å². The third-order valence-corrected chi connectivity index (χ3v) is 4.59. The van der Waals surface area contributed by atoms with Gasteiger partial charge in [-0.05, 0) is 18.4 Å². The molecule has 0 saturated heterocycles. The second-order valence-corrected chi connectivity index (χ2v) is 7.78. The molecule has 1 aromatic carbocycles. The summed E-state index contributed by atoms with van der Waals surface area (Å²) in [5, 5.41) is 0. The second-order valence-electron chi connectivity index (χ2n) is 5.93. The van der Waals surface area contributed by atoms with Crippen molar-refractivity contribution in [3.05, 3.63) is 29.3 Å². The summed E-state index contributed by atoms with van der Waals surface area (Å²) in [7, 11) is 0. The van der Waals surface area contributed by atoms with Gasteiger partial charge in [-0.25, -0.2) is 0 Å². The van der Waals surface area contributed by atoms with Crippen LogP contribution in [0.25, 0.3) is 0 Å². The zero-order chi connectivity index (χ0) is 13.9. The highest BCUT2D eigenvalue weighted by Gasteiger charge is 2.22. The maximum atomic E-state index is 5.86. The van der Waals surface area contributed by atoms with Gasteiger partial charge in [-0.2, -0.15) is 11.8 Å². The Hall–Kier alpha value is -0.710. The molecule has 1 aliphatic heterocycles. The quantitative estimate of drug-likeness (QED) is 0.657. The fraction of sp³-hybridized carbons (Fsp3) is 0.600. The summed E-state index contributed by atoms with van der Waals surface area (Å²) in [6.45, 7) is 7.49. The molecule has 0 saturated carbocycles. The second kappa shape index (κ2) is 6.16. The van der Waals surface area contributed by atoms with E-state index in [9.17, 15) is 0 Å². The van der Waals surface area contributed by atoms with Crippen LogP contribution in [-0.4, -0.2) is 17.1 Å². The van der Waals surface area contributed by atoms with Crippen molar-refractivity contribution in [1.82, 2.24) is 5.43 Å². The van der Waals surface area contributed by atoms with Crippen molar-refractivity contribution in [2.75, 3.05) is 12.4 Å². The summed E-state index contributed by atoms with van der Waals surface area (Å²) in [5.74, 6) is 7.74. The molecule has 19 heavy (non-hydrogen) atoms. The molecule has 1 atom stereocenters. The molecule has 106 valence electrons. The predicted octanol–water partition coefficient (Wildman–Crippen LogP) is 3.05. The first-order valence-corrected chi connectivity index (χ1v) is 7.84. The van der Waals surface area contributed by atoms with E-state index in [1.54, 1.807) is 0 Å². The highest BCUT2D eigenvalue weighted by molar-refractivity contribution is 8.00. The fourth-order valence-electron chi connectivity index (χ4n) is 2.25. The lowest BCUT2D eigenvalue weighted by Crippen LogP contribution is -2.31. The topological polar surface area (TPSA) is 47.3 Å². The summed E-state index contributed by atoms with van der Waals surface area (Å²) >= 11 is 1.91. The van der Waals surface area contributed by atoms with Gasteiger partial charge in [0.2, 0.25) is 0 Å². The van der Waals surface area contributed by atoms with E-state index in [0.29, 0.717) is 0 Å². The molecule has 0 radical (unpaired) electrons. The number of fused-ring (bicyclic) bond motifs is 1. The summed E-state index contributed by atoms with van der Waals surface area (Å²) < 4.78 is 6.11. The first kappa shape index (κ1) is 14.7. The SMILES string of the molecule is CC(C)(C)SCC(NN)c1cccc2c1OCCC2. The number of nitrogens with one attached hydrogen (secondary N) is 1. The van der Waals surface area contributed by atoms with E-state index < -0.39 is 0 Å². The van der Waals surface area contributed by atoms with E-state index >= 15 is 0 Å². The standard InChI is InChI=1S/C15H24N2OS/c1-15(2,3)19-10-13(17-16)12-8-4-6-11-7-5-9-18-14(11)12/h4,6,8,13,17H,5,7,9-10,16H2,1-3H3. The van der Waals surface area contributed by atoms with Crippen LogP contribution in [0.3, 0.4) is 0 Å². The van der Waals surface area contributed by atoms with E-state index in [-0.39, 0.29) is 10.8 Å². The lowest BCUT2D eigenvalue weighted by Gasteiger charge is -2.27. The van der Waals surface area contributed by atoms with Crippen molar-refractivity contribution < 1.29 is 4.74 Å². The number of ether oxygens (including phenoxy) is 1. The maximum absolute atomic E-state index is 5.86. The predicted molar refractivity (Wildman–Crippen MR) is 82.5 cm³/mol. The minimum atomic E-state index is 0.136. The van der Waals surface area contributed by atoms with E-state index in [1.807, 2.05) is 11.8 Å². The van der Waals surface area contributed by atoms with Gasteiger partial charge in [-0.3, -0.25) is 11.3 Å². The average Bonchev–Trinajstić information content (AvgIpc) is 2.38. The van der Waals surface area contributed by atoms with Crippen LogP contribution in [0.4, 0.5) is 0 Å². The van der Waals surface area contributed by atoms with E-state index in [2.05, 4.69) is 44.4 Å². The Bertz CT molecular complexity index is 429. The molecule has 0 aliphatic carbocycles. The number of thioether (sulfide) groups is 1. The third kappa shape index (κ3) is 3.88. The zero-order valence-corrected chi connectivity index (χ0v) is 12.8. The molecule has 0 spiro atoms. The molecule has 1 aliphatic rings. The first-order valence-electron chi connectivity index (χ1n) is 6.86. The smallest absolute Gasteiger partial charge is 0.127 e. The molecule has 1 aromatic rings. The van der Waals surface area contributed by atoms with Gasteiger partial charge in [-0.15, -0.1) is 0 Å². The Kier molecular flexibility index (Phi) is 4.76. The molecule has 0 amide bonds. The van der Waals surface area contributed by atoms with Gasteiger partial charge in [-0.1, -0.05) is 39.0 Å². The summed E-state index contributed by atoms with van der Waals surface area (Å²) in [5.41, 5.74) is 5.44. The maximum Gasteiger partial charge on any atom is 0.127 e. The van der Waals surface area contributed by atoms with Crippen molar-refractivity contribution in [1.29, 1.82) is 0 Å². The number of nitrogens with two attached hydrogens (primary N) is 1. The minimum absolute atomic E-state index is 0.136. The third-order valence-electron chi connectivity index (χ3n) is 3.22. The molecule has 3 nitrogen and oxygen atoms in total. The van der Waals surface area contributed by atoms with Crippen LogP contribution in [-0.2, 0) is 6.42 Å². The van der Waals surface area contributed by atoms with Gasteiger partial charge >= 0.3 is 0 Å². The minimum Gasteiger partial charge on any atom is -0.493 e. The molecule has 1 heterocycles. The van der Waals surface area contributed by atoms with E-state index in [4.69, 9.17) is 10.6 Å². The van der Waals surface area contributed by atoms with Crippen LogP contribution in [0.2, 0.25) is 0 Å². The van der Waals surface area contributed by atoms with Crippen LogP contribution >= 0.6 is 11.8 Å². The highest BCUT2D eigenvalue weighted by atomic mass is 32.2. The Morgan fingerprint density at radius 1 is 1.42 bits per heavy atom. The van der Waals surface area contributed by atoms with Gasteiger partial charge in [0.15, 0.2) is 0 Å². The average molecular weight is 280 g/mol. The van der Waals surface area contributed by atoms with E-state index in [1.165, 1.54) is 11.1 Å². The summed E-state index contributed by atoms with van der Waals surface area (Å²) in [6, 6.07) is 6.52. The lowest BCUT2D eigenvalue weighted by molar-refractivity contribution is 0.282. The van der Waals surface area contributed by atoms with Crippen LogP contribution in [0.1, 0.15) is 44.4 Å². The molecular weight excluding hydrogens is 256 g/mol. The molecule has 0 aromatic heterocycles. The number of hydrogen-bond donors (Lipinski definition) is 2. The van der Waals surface area contributed by atoms with Crippen LogP contribution in [0, 0.1) is 0 Å². The van der Waals surface area contributed by atoms with Crippen LogP contribution < -0.4 is 16.0 Å². The molecule has 2 rings (SSSR count). The first-order chi connectivity index (χ1) is 9.01. The van der Waals surface area contributed by atoms with Gasteiger partial charge in [0.1, 0.15) is 5.75 Å². The molecule has 0 bridgehead atoms. The fourth-order valence-corrected chi connectivity index (χ4v) is 3.19. The van der Waals surface area contributed by atoms with Gasteiger partial charge in [0.05, 0.1) is 12.6 Å². The Labute approximate surface area is 120 Å². The number of benzene rings is 1. The number of aryl methyl sites for hydroxylation is 1. The number of para-hydroxylation sites is 1. The largest absolute Gasteiger partial charge is 0.493 e. The molecule has 0 fully saturated rings. The number of hydrogen-bond acceptors (Lipinski definition) is 4. The zero-order valence-electron chi connectivity index (χ0n) is 12.0. The van der Waals surface area contributed by atoms with Gasteiger partial charge in [0.25, 0.3) is 0 Å². The molecule has 1 unspecified atom stereocenters. The molecule has 4 heteroatoms. The Morgan fingerprint density at radius 3 is 2.89 bits per heavy atom. The van der Waals surface area contributed by atoms with Crippen LogP contribution in [0.5, 0.6) is 5.75 Å². The molecule has 3 N–H and O–H groups in total. The summed E-state index contributed by atoms with van der Waals surface area (Å²) in [6.07, 6.45) is 2.21. The summed E-state index contributed by atoms with van der Waals surface area (Å²) in [4.78, 5) is 0. The van der Waals surface area contributed by atoms with Crippen molar-refractivity contribution in [2.45, 2.75) is 44.4 Å². The van der Waals surface area contributed by atoms with Crippen molar-refractivity contribution in [3.63, 3.8) is 0 Å². The van der Waals surface area contributed by atoms with Crippen molar-refractivity contribution >= 4 is 11.8 Å². The monoisotopic (exact) mass is 280 g/mol. The van der Waals surface area contributed by atoms with E-state index in [0.717, 1.165) is 31.0 Å². The van der Waals surface area contributed by atoms with Crippen molar-refractivity contribution in [2.24, 2.45) is 5.84 Å². The Morgan fingerprint density at radius 2 is 2.21 bits per heavy atom. The van der Waals surface area contributed by atoms with Gasteiger partial charge < -0.3 is 4.74 Å². The normalized spacial score (nSPS) is 16.6. The number of rotatable bonds is 4. The van der Waals surface area contributed by atoms with Crippen LogP contribution in [0.15, 0.2) is 18.2 Å². The molecular formula is C15H24N2OS. The highest BCUT2D eigenvalue weighted by Crippen LogP contribution is 2.35. The number of hydrazine groups is 1. The van der Waals surface area contributed by atoms with Gasteiger partial charge in [0, 0.05) is 16.1 Å². The lowest BCUT2D eigenvalue weighted by atomic mass is 9.99.